The van der Waals surface area contributed by atoms with Crippen LogP contribution < -0.4 is 5.32 Å². The number of carbonyl (C=O) groups excluding carboxylic acids is 1. The Kier molecular flexibility index (Phi) is 6.23. The number of benzene rings is 1. The first-order valence-corrected chi connectivity index (χ1v) is 10.2. The van der Waals surface area contributed by atoms with Crippen LogP contribution in [0, 0.1) is 5.82 Å². The smallest absolute Gasteiger partial charge is 0.366 e. The lowest BCUT2D eigenvalue weighted by Gasteiger charge is -2.37. The van der Waals surface area contributed by atoms with E-state index in [2.05, 4.69) is 15.0 Å². The van der Waals surface area contributed by atoms with Crippen molar-refractivity contribution in [2.24, 2.45) is 0 Å². The second-order valence-corrected chi connectivity index (χ2v) is 8.16. The zero-order valence-electron chi connectivity index (χ0n) is 16.2. The van der Waals surface area contributed by atoms with Crippen LogP contribution in [0.2, 0.25) is 5.02 Å². The molecular formula is C20H20ClF4N3O3. The van der Waals surface area contributed by atoms with Crippen LogP contribution in [0.5, 0.6) is 0 Å². The Morgan fingerprint density at radius 1 is 1.29 bits per heavy atom. The monoisotopic (exact) mass is 461 g/mol. The van der Waals surface area contributed by atoms with Crippen molar-refractivity contribution >= 4 is 17.5 Å². The maximum Gasteiger partial charge on any atom is 0.522 e. The fourth-order valence-electron chi connectivity index (χ4n) is 3.78. The summed E-state index contributed by atoms with van der Waals surface area (Å²) >= 11 is 5.71. The minimum absolute atomic E-state index is 0.0317. The molecule has 6 nitrogen and oxygen atoms in total. The van der Waals surface area contributed by atoms with Gasteiger partial charge < -0.3 is 14.6 Å². The Morgan fingerprint density at radius 2 is 2.06 bits per heavy atom. The number of aromatic nitrogens is 2. The highest BCUT2D eigenvalue weighted by Gasteiger charge is 2.41. The van der Waals surface area contributed by atoms with E-state index in [4.69, 9.17) is 16.3 Å². The molecule has 1 saturated heterocycles. The summed E-state index contributed by atoms with van der Waals surface area (Å²) in [4.78, 5) is 16.6. The largest absolute Gasteiger partial charge is 0.522 e. The molecule has 2 aromatic rings. The number of nitrogens with one attached hydrogen (secondary N) is 1. The van der Waals surface area contributed by atoms with Gasteiger partial charge in [0.25, 0.3) is 0 Å². The van der Waals surface area contributed by atoms with E-state index in [0.717, 1.165) is 0 Å². The van der Waals surface area contributed by atoms with Gasteiger partial charge in [-0.15, -0.1) is 13.2 Å². The number of alkyl halides is 3. The number of carbonyl (C=O) groups is 1. The molecular weight excluding hydrogens is 442 g/mol. The first-order valence-electron chi connectivity index (χ1n) is 9.83. The highest BCUT2D eigenvalue weighted by atomic mass is 35.5. The van der Waals surface area contributed by atoms with Gasteiger partial charge in [-0.2, -0.15) is 0 Å². The molecule has 2 aliphatic rings. The number of rotatable bonds is 5. The first kappa shape index (κ1) is 22.0. The number of ether oxygens (including phenoxy) is 2. The van der Waals surface area contributed by atoms with Gasteiger partial charge >= 0.3 is 6.36 Å². The Morgan fingerprint density at radius 3 is 2.71 bits per heavy atom. The predicted octanol–water partition coefficient (Wildman–Crippen LogP) is 4.25. The maximum atomic E-state index is 13.7. The van der Waals surface area contributed by atoms with Gasteiger partial charge in [0.1, 0.15) is 11.9 Å². The average molecular weight is 462 g/mol. The van der Waals surface area contributed by atoms with Gasteiger partial charge in [-0.3, -0.25) is 9.53 Å². The lowest BCUT2D eigenvalue weighted by Crippen LogP contribution is -2.52. The fourth-order valence-corrected chi connectivity index (χ4v) is 3.90. The number of imidazole rings is 1. The van der Waals surface area contributed by atoms with Crippen molar-refractivity contribution in [3.8, 4) is 11.3 Å². The summed E-state index contributed by atoms with van der Waals surface area (Å²) in [6.07, 6.45) is -1.41. The van der Waals surface area contributed by atoms with Crippen molar-refractivity contribution in [3.05, 3.63) is 41.6 Å². The molecule has 2 atom stereocenters. The molecule has 1 saturated carbocycles. The third kappa shape index (κ3) is 5.36. The summed E-state index contributed by atoms with van der Waals surface area (Å²) in [5.41, 5.74) is 1.19. The molecule has 2 heterocycles. The number of amides is 1. The molecule has 1 aliphatic heterocycles. The molecule has 1 aromatic heterocycles. The molecule has 2 fully saturated rings. The highest BCUT2D eigenvalue weighted by molar-refractivity contribution is 6.30. The zero-order valence-corrected chi connectivity index (χ0v) is 17.0. The molecule has 1 aromatic carbocycles. The second kappa shape index (κ2) is 8.76. The number of hydrogen-bond acceptors (Lipinski definition) is 4. The van der Waals surface area contributed by atoms with Crippen LogP contribution in [-0.4, -0.2) is 46.7 Å². The molecule has 0 bridgehead atoms. The van der Waals surface area contributed by atoms with Crippen LogP contribution in [0.1, 0.15) is 31.7 Å². The lowest BCUT2D eigenvalue weighted by molar-refractivity contribution is -0.351. The van der Waals surface area contributed by atoms with Crippen molar-refractivity contribution in [2.75, 3.05) is 6.61 Å². The number of halogens is 5. The molecule has 0 radical (unpaired) electrons. The van der Waals surface area contributed by atoms with Gasteiger partial charge in [0, 0.05) is 17.8 Å². The van der Waals surface area contributed by atoms with Crippen LogP contribution >= 0.6 is 11.6 Å². The average Bonchev–Trinajstić information content (AvgIpc) is 3.18. The third-order valence-electron chi connectivity index (χ3n) is 5.52. The van der Waals surface area contributed by atoms with Crippen LogP contribution in [0.25, 0.3) is 11.3 Å². The van der Waals surface area contributed by atoms with Gasteiger partial charge in [0.05, 0.1) is 35.8 Å². The summed E-state index contributed by atoms with van der Waals surface area (Å²) in [7, 11) is 0. The van der Waals surface area contributed by atoms with Gasteiger partial charge in [-0.05, 0) is 37.8 Å². The summed E-state index contributed by atoms with van der Waals surface area (Å²) < 4.78 is 61.6. The van der Waals surface area contributed by atoms with Crippen molar-refractivity contribution in [1.29, 1.82) is 0 Å². The number of nitrogens with zero attached hydrogens (tertiary/aromatic N) is 2. The maximum absolute atomic E-state index is 13.7. The summed E-state index contributed by atoms with van der Waals surface area (Å²) in [5.74, 6) is -0.844. The van der Waals surface area contributed by atoms with E-state index in [-0.39, 0.29) is 42.5 Å². The molecule has 1 N–H and O–H groups in total. The molecule has 0 unspecified atom stereocenters. The van der Waals surface area contributed by atoms with Crippen molar-refractivity contribution in [1.82, 2.24) is 14.9 Å². The summed E-state index contributed by atoms with van der Waals surface area (Å²) in [6.45, 7) is 0.285. The van der Waals surface area contributed by atoms with Crippen LogP contribution in [0.4, 0.5) is 17.6 Å². The van der Waals surface area contributed by atoms with Gasteiger partial charge in [-0.25, -0.2) is 9.37 Å². The van der Waals surface area contributed by atoms with Gasteiger partial charge in [-0.1, -0.05) is 17.7 Å². The van der Waals surface area contributed by atoms with E-state index in [1.54, 1.807) is 18.6 Å². The van der Waals surface area contributed by atoms with E-state index in [0.29, 0.717) is 24.1 Å². The molecule has 1 aliphatic carbocycles. The third-order valence-corrected chi connectivity index (χ3v) is 5.83. The van der Waals surface area contributed by atoms with Crippen LogP contribution in [-0.2, 0) is 14.3 Å². The van der Waals surface area contributed by atoms with E-state index >= 15 is 0 Å². The minimum atomic E-state index is -4.66. The quantitative estimate of drug-likeness (QED) is 0.676. The molecule has 1 amide bonds. The molecule has 0 spiro atoms. The topological polar surface area (TPSA) is 65.4 Å². The molecule has 11 heteroatoms. The normalized spacial score (nSPS) is 26.4. The highest BCUT2D eigenvalue weighted by Crippen LogP contribution is 2.31. The Hall–Kier alpha value is -2.17. The van der Waals surface area contributed by atoms with Crippen LogP contribution in [0.3, 0.4) is 0 Å². The van der Waals surface area contributed by atoms with Crippen molar-refractivity contribution in [3.63, 3.8) is 0 Å². The fraction of sp³-hybridized carbons (Fsp3) is 0.500. The van der Waals surface area contributed by atoms with Gasteiger partial charge in [0.15, 0.2) is 0 Å². The minimum Gasteiger partial charge on any atom is -0.366 e. The van der Waals surface area contributed by atoms with Crippen molar-refractivity contribution < 1.29 is 31.8 Å². The van der Waals surface area contributed by atoms with E-state index in [1.807, 2.05) is 4.57 Å². The standard InChI is InChI=1S/C20H20ClF4N3O3/c21-15-3-1-11(5-16(15)22)17-8-28(10-26-17)13-2-4-18(30-9-13)19(29)27-12-6-14(7-12)31-20(23,24)25/h1,3,5,8,10,12-14,18H,2,4,6-7,9H2,(H,27,29)/t12-,13-,14-,18+/m0/s1. The van der Waals surface area contributed by atoms with Crippen molar-refractivity contribution in [2.45, 2.75) is 56.3 Å². The Labute approximate surface area is 180 Å². The molecule has 168 valence electrons. The summed E-state index contributed by atoms with van der Waals surface area (Å²) in [6, 6.07) is 4.10. The SMILES string of the molecule is O=C(N[C@H]1C[C@H](OC(F)(F)F)C1)[C@H]1CC[C@H](n2cnc(-c3ccc(Cl)c(F)c3)c2)CO1. The van der Waals surface area contributed by atoms with E-state index in [9.17, 15) is 22.4 Å². The number of hydrogen-bond donors (Lipinski definition) is 1. The molecule has 4 rings (SSSR count). The Bertz CT molecular complexity index is 938. The summed E-state index contributed by atoms with van der Waals surface area (Å²) in [5, 5.41) is 2.76. The van der Waals surface area contributed by atoms with E-state index in [1.165, 1.54) is 12.1 Å². The van der Waals surface area contributed by atoms with Gasteiger partial charge in [0.2, 0.25) is 5.91 Å². The lowest BCUT2D eigenvalue weighted by atomic mass is 9.89. The van der Waals surface area contributed by atoms with Crippen LogP contribution in [0.15, 0.2) is 30.7 Å². The second-order valence-electron chi connectivity index (χ2n) is 7.75. The predicted molar refractivity (Wildman–Crippen MR) is 103 cm³/mol. The Balaban J connectivity index is 1.25. The zero-order chi connectivity index (χ0) is 22.2. The first-order chi connectivity index (χ1) is 14.7. The molecule has 31 heavy (non-hydrogen) atoms. The van der Waals surface area contributed by atoms with E-state index < -0.39 is 24.4 Å².